The Labute approximate surface area is 124 Å². The molecule has 0 amide bonds. The fourth-order valence-electron chi connectivity index (χ4n) is 2.91. The lowest BCUT2D eigenvalue weighted by Gasteiger charge is -2.32. The van der Waals surface area contributed by atoms with Gasteiger partial charge in [0.25, 0.3) is 0 Å². The summed E-state index contributed by atoms with van der Waals surface area (Å²) in [7, 11) is 0. The molecule has 0 radical (unpaired) electrons. The van der Waals surface area contributed by atoms with Gasteiger partial charge in [-0.25, -0.2) is 0 Å². The molecule has 1 unspecified atom stereocenters. The van der Waals surface area contributed by atoms with Gasteiger partial charge in [0.1, 0.15) is 6.17 Å². The van der Waals surface area contributed by atoms with Gasteiger partial charge in [-0.15, -0.1) is 0 Å². The van der Waals surface area contributed by atoms with Crippen LogP contribution in [0.2, 0.25) is 0 Å². The van der Waals surface area contributed by atoms with Crippen LogP contribution in [0.4, 0.5) is 0 Å². The third kappa shape index (κ3) is 4.03. The van der Waals surface area contributed by atoms with Crippen LogP contribution in [0.1, 0.15) is 51.5 Å². The molecular weight excluding hydrogens is 244 g/mol. The second-order valence-electron chi connectivity index (χ2n) is 5.62. The minimum Gasteiger partial charge on any atom is -0.356 e. The van der Waals surface area contributed by atoms with E-state index in [0.29, 0.717) is 6.17 Å². The molecule has 1 atom stereocenters. The van der Waals surface area contributed by atoms with Gasteiger partial charge in [-0.3, -0.25) is 0 Å². The summed E-state index contributed by atoms with van der Waals surface area (Å²) in [6.07, 6.45) is 11.7. The second-order valence-corrected chi connectivity index (χ2v) is 5.62. The predicted molar refractivity (Wildman–Crippen MR) is 86.1 cm³/mol. The lowest BCUT2D eigenvalue weighted by atomic mass is 10.1. The van der Waals surface area contributed by atoms with E-state index in [1.54, 1.807) is 0 Å². The third-order valence-electron chi connectivity index (χ3n) is 4.10. The standard InChI is InChI=1S/C18H28N2/c1-3-5-6-10-13-18-19(4-2)14-15-20(18)16-17-11-8-7-9-12-17/h7-9,11-12,14-15,18H,3-6,10,13,16H2,1-2H3. The molecule has 2 rings (SSSR count). The average molecular weight is 272 g/mol. The van der Waals surface area contributed by atoms with Crippen molar-refractivity contribution in [2.45, 2.75) is 58.7 Å². The number of benzene rings is 1. The first-order valence-corrected chi connectivity index (χ1v) is 8.09. The number of unbranched alkanes of at least 4 members (excludes halogenated alkanes) is 3. The van der Waals surface area contributed by atoms with Crippen LogP contribution in [-0.2, 0) is 6.54 Å². The molecule has 20 heavy (non-hydrogen) atoms. The molecule has 0 spiro atoms. The minimum atomic E-state index is 0.553. The molecule has 0 bridgehead atoms. The van der Waals surface area contributed by atoms with Gasteiger partial charge in [-0.05, 0) is 25.3 Å². The van der Waals surface area contributed by atoms with Crippen LogP contribution in [0, 0.1) is 0 Å². The van der Waals surface area contributed by atoms with Gasteiger partial charge in [0.05, 0.1) is 0 Å². The average Bonchev–Trinajstić information content (AvgIpc) is 2.87. The van der Waals surface area contributed by atoms with Crippen LogP contribution < -0.4 is 0 Å². The van der Waals surface area contributed by atoms with Crippen LogP contribution in [0.5, 0.6) is 0 Å². The molecule has 1 aliphatic rings. The fourth-order valence-corrected chi connectivity index (χ4v) is 2.91. The molecule has 2 heteroatoms. The van der Waals surface area contributed by atoms with Gasteiger partial charge in [0, 0.05) is 25.5 Å². The van der Waals surface area contributed by atoms with E-state index in [-0.39, 0.29) is 0 Å². The zero-order valence-electron chi connectivity index (χ0n) is 13.0. The molecule has 0 N–H and O–H groups in total. The zero-order chi connectivity index (χ0) is 14.2. The molecule has 1 heterocycles. The maximum atomic E-state index is 2.49. The largest absolute Gasteiger partial charge is 0.356 e. The first-order valence-electron chi connectivity index (χ1n) is 8.09. The van der Waals surface area contributed by atoms with E-state index >= 15 is 0 Å². The molecule has 0 aliphatic carbocycles. The first kappa shape index (κ1) is 15.0. The number of hydrogen-bond donors (Lipinski definition) is 0. The maximum Gasteiger partial charge on any atom is 0.101 e. The summed E-state index contributed by atoms with van der Waals surface area (Å²) in [6.45, 7) is 6.64. The first-order chi connectivity index (χ1) is 9.85. The van der Waals surface area contributed by atoms with Gasteiger partial charge in [0.15, 0.2) is 0 Å². The van der Waals surface area contributed by atoms with E-state index in [1.807, 2.05) is 0 Å². The summed E-state index contributed by atoms with van der Waals surface area (Å²) in [5.74, 6) is 0. The van der Waals surface area contributed by atoms with Crippen molar-refractivity contribution in [3.8, 4) is 0 Å². The topological polar surface area (TPSA) is 6.48 Å². The molecular formula is C18H28N2. The van der Waals surface area contributed by atoms with Crippen molar-refractivity contribution in [2.24, 2.45) is 0 Å². The molecule has 0 saturated carbocycles. The van der Waals surface area contributed by atoms with Crippen LogP contribution in [0.3, 0.4) is 0 Å². The van der Waals surface area contributed by atoms with Crippen molar-refractivity contribution in [1.82, 2.24) is 9.80 Å². The fraction of sp³-hybridized carbons (Fsp3) is 0.556. The van der Waals surface area contributed by atoms with E-state index in [9.17, 15) is 0 Å². The number of rotatable bonds is 8. The normalized spacial score (nSPS) is 18.0. The molecule has 110 valence electrons. The summed E-state index contributed by atoms with van der Waals surface area (Å²) in [4.78, 5) is 4.96. The van der Waals surface area contributed by atoms with E-state index in [2.05, 4.69) is 66.4 Å². The van der Waals surface area contributed by atoms with Gasteiger partial charge >= 0.3 is 0 Å². The Hall–Kier alpha value is -1.44. The quantitative estimate of drug-likeness (QED) is 0.639. The lowest BCUT2D eigenvalue weighted by molar-refractivity contribution is 0.139. The van der Waals surface area contributed by atoms with Crippen LogP contribution in [-0.4, -0.2) is 22.5 Å². The Kier molecular flexibility index (Phi) is 5.97. The van der Waals surface area contributed by atoms with E-state index in [1.165, 1.54) is 37.7 Å². The van der Waals surface area contributed by atoms with Gasteiger partial charge in [-0.1, -0.05) is 56.5 Å². The predicted octanol–water partition coefficient (Wildman–Crippen LogP) is 4.59. The second kappa shape index (κ2) is 7.98. The molecule has 2 nitrogen and oxygen atoms in total. The molecule has 0 fully saturated rings. The highest BCUT2D eigenvalue weighted by Gasteiger charge is 2.24. The van der Waals surface area contributed by atoms with Crippen molar-refractivity contribution >= 4 is 0 Å². The van der Waals surface area contributed by atoms with Gasteiger partial charge in [-0.2, -0.15) is 0 Å². The molecule has 1 aromatic carbocycles. The van der Waals surface area contributed by atoms with Crippen molar-refractivity contribution in [2.75, 3.05) is 6.54 Å². The minimum absolute atomic E-state index is 0.553. The summed E-state index contributed by atoms with van der Waals surface area (Å²) in [5.41, 5.74) is 1.40. The Balaban J connectivity index is 1.90. The van der Waals surface area contributed by atoms with Gasteiger partial charge in [0.2, 0.25) is 0 Å². The summed E-state index contributed by atoms with van der Waals surface area (Å²) >= 11 is 0. The SMILES string of the molecule is CCCCCCC1N(CC)C=CN1Cc1ccccc1. The summed E-state index contributed by atoms with van der Waals surface area (Å²) < 4.78 is 0. The highest BCUT2D eigenvalue weighted by atomic mass is 15.4. The number of nitrogens with zero attached hydrogens (tertiary/aromatic N) is 2. The Morgan fingerprint density at radius 2 is 1.65 bits per heavy atom. The number of hydrogen-bond acceptors (Lipinski definition) is 2. The Morgan fingerprint density at radius 1 is 0.900 bits per heavy atom. The van der Waals surface area contributed by atoms with Crippen molar-refractivity contribution in [1.29, 1.82) is 0 Å². The molecule has 0 aromatic heterocycles. The van der Waals surface area contributed by atoms with Crippen LogP contribution in [0.15, 0.2) is 42.7 Å². The molecule has 0 saturated heterocycles. The highest BCUT2D eigenvalue weighted by Crippen LogP contribution is 2.23. The molecule has 1 aliphatic heterocycles. The summed E-state index contributed by atoms with van der Waals surface area (Å²) in [6, 6.07) is 10.8. The van der Waals surface area contributed by atoms with Crippen molar-refractivity contribution in [3.05, 3.63) is 48.3 Å². The smallest absolute Gasteiger partial charge is 0.101 e. The highest BCUT2D eigenvalue weighted by molar-refractivity contribution is 5.15. The van der Waals surface area contributed by atoms with E-state index < -0.39 is 0 Å². The van der Waals surface area contributed by atoms with Crippen LogP contribution >= 0.6 is 0 Å². The monoisotopic (exact) mass is 272 g/mol. The molecule has 1 aromatic rings. The lowest BCUT2D eigenvalue weighted by Crippen LogP contribution is -2.38. The zero-order valence-corrected chi connectivity index (χ0v) is 13.0. The van der Waals surface area contributed by atoms with Crippen molar-refractivity contribution in [3.63, 3.8) is 0 Å². The van der Waals surface area contributed by atoms with E-state index in [4.69, 9.17) is 0 Å². The third-order valence-corrected chi connectivity index (χ3v) is 4.10. The van der Waals surface area contributed by atoms with E-state index in [0.717, 1.165) is 13.1 Å². The Morgan fingerprint density at radius 3 is 2.35 bits per heavy atom. The van der Waals surface area contributed by atoms with Crippen LogP contribution in [0.25, 0.3) is 0 Å². The summed E-state index contributed by atoms with van der Waals surface area (Å²) in [5, 5.41) is 0. The van der Waals surface area contributed by atoms with Gasteiger partial charge < -0.3 is 9.80 Å². The van der Waals surface area contributed by atoms with Crippen molar-refractivity contribution < 1.29 is 0 Å². The Bertz CT molecular complexity index is 399. The maximum absolute atomic E-state index is 2.49.